The minimum absolute atomic E-state index is 0.108. The van der Waals surface area contributed by atoms with E-state index in [0.717, 1.165) is 0 Å². The van der Waals surface area contributed by atoms with Crippen molar-refractivity contribution >= 4 is 15.8 Å². The first-order valence-electron chi connectivity index (χ1n) is 5.35. The average Bonchev–Trinajstić information content (AvgIpc) is 2.70. The largest absolute Gasteiger partial charge is 0.476 e. The first kappa shape index (κ1) is 12.1. The molecule has 2 rings (SSSR count). The van der Waals surface area contributed by atoms with Crippen molar-refractivity contribution in [3.63, 3.8) is 0 Å². The number of sulfone groups is 1. The minimum atomic E-state index is -2.86. The third-order valence-electron chi connectivity index (χ3n) is 2.94. The molecule has 94 valence electrons. The number of nitrogens with zero attached hydrogens (tertiary/aromatic N) is 1. The van der Waals surface area contributed by atoms with Gasteiger partial charge in [0, 0.05) is 12.5 Å². The molecule has 0 bridgehead atoms. The van der Waals surface area contributed by atoms with Crippen LogP contribution in [0.1, 0.15) is 29.1 Å². The van der Waals surface area contributed by atoms with Gasteiger partial charge in [0.05, 0.1) is 11.5 Å². The molecule has 1 N–H and O–H groups in total. The Morgan fingerprint density at radius 1 is 1.47 bits per heavy atom. The van der Waals surface area contributed by atoms with Crippen LogP contribution in [0.5, 0.6) is 0 Å². The summed E-state index contributed by atoms with van der Waals surface area (Å²) in [4.78, 5) is 10.6. The topological polar surface area (TPSA) is 97.5 Å². The zero-order valence-corrected chi connectivity index (χ0v) is 9.94. The van der Waals surface area contributed by atoms with Crippen LogP contribution in [-0.4, -0.2) is 36.2 Å². The molecule has 0 radical (unpaired) electrons. The van der Waals surface area contributed by atoms with Gasteiger partial charge in [0.1, 0.15) is 15.6 Å². The van der Waals surface area contributed by atoms with Crippen LogP contribution >= 0.6 is 0 Å². The molecular weight excluding hydrogens is 246 g/mol. The zero-order valence-electron chi connectivity index (χ0n) is 9.13. The second kappa shape index (κ2) is 4.48. The first-order chi connectivity index (χ1) is 7.96. The number of aromatic carboxylic acids is 1. The van der Waals surface area contributed by atoms with Crippen LogP contribution in [-0.2, 0) is 16.3 Å². The third kappa shape index (κ3) is 3.06. The molecule has 0 saturated carbocycles. The molecule has 17 heavy (non-hydrogen) atoms. The van der Waals surface area contributed by atoms with Crippen LogP contribution in [0.4, 0.5) is 0 Å². The summed E-state index contributed by atoms with van der Waals surface area (Å²) >= 11 is 0. The van der Waals surface area contributed by atoms with Crippen molar-refractivity contribution in [2.75, 3.05) is 11.5 Å². The Labute approximate surface area is 98.5 Å². The fourth-order valence-electron chi connectivity index (χ4n) is 1.94. The summed E-state index contributed by atoms with van der Waals surface area (Å²) in [6.45, 7) is 0. The lowest BCUT2D eigenvalue weighted by Gasteiger charge is -2.20. The zero-order chi connectivity index (χ0) is 12.5. The van der Waals surface area contributed by atoms with Crippen molar-refractivity contribution < 1.29 is 22.8 Å². The number of rotatable bonds is 3. The summed E-state index contributed by atoms with van der Waals surface area (Å²) in [5, 5.41) is 12.1. The normalized spacial score (nSPS) is 20.2. The molecule has 0 aromatic carbocycles. The Kier molecular flexibility index (Phi) is 3.19. The van der Waals surface area contributed by atoms with E-state index in [9.17, 15) is 13.2 Å². The molecule has 1 aliphatic rings. The van der Waals surface area contributed by atoms with Crippen molar-refractivity contribution in [2.45, 2.75) is 19.3 Å². The van der Waals surface area contributed by atoms with E-state index in [4.69, 9.17) is 9.63 Å². The van der Waals surface area contributed by atoms with E-state index in [1.54, 1.807) is 0 Å². The molecule has 6 nitrogen and oxygen atoms in total. The van der Waals surface area contributed by atoms with Gasteiger partial charge in [0.15, 0.2) is 5.69 Å². The van der Waals surface area contributed by atoms with Crippen LogP contribution in [0.15, 0.2) is 10.6 Å². The van der Waals surface area contributed by atoms with Gasteiger partial charge in [-0.05, 0) is 18.8 Å². The summed E-state index contributed by atoms with van der Waals surface area (Å²) in [7, 11) is -2.86. The summed E-state index contributed by atoms with van der Waals surface area (Å²) in [6.07, 6.45) is 1.76. The number of carboxylic acids is 1. The molecule has 0 unspecified atom stereocenters. The van der Waals surface area contributed by atoms with Crippen molar-refractivity contribution in [2.24, 2.45) is 5.92 Å². The minimum Gasteiger partial charge on any atom is -0.476 e. The van der Waals surface area contributed by atoms with E-state index < -0.39 is 15.8 Å². The van der Waals surface area contributed by atoms with Crippen molar-refractivity contribution in [1.29, 1.82) is 0 Å². The highest BCUT2D eigenvalue weighted by Gasteiger charge is 2.25. The summed E-state index contributed by atoms with van der Waals surface area (Å²) in [6, 6.07) is 1.39. The fraction of sp³-hybridized carbons (Fsp3) is 0.600. The number of hydrogen-bond donors (Lipinski definition) is 1. The molecule has 0 aliphatic carbocycles. The lowest BCUT2D eigenvalue weighted by molar-refractivity contribution is 0.0685. The van der Waals surface area contributed by atoms with Crippen LogP contribution in [0.3, 0.4) is 0 Å². The molecule has 1 fully saturated rings. The molecule has 1 aliphatic heterocycles. The van der Waals surface area contributed by atoms with E-state index in [2.05, 4.69) is 5.16 Å². The van der Waals surface area contributed by atoms with Gasteiger partial charge in [-0.3, -0.25) is 0 Å². The standard InChI is InChI=1S/C10H13NO5S/c12-10(13)9-6-8(16-11-9)5-7-1-3-17(14,15)4-2-7/h6-7H,1-5H2,(H,12,13). The first-order valence-corrected chi connectivity index (χ1v) is 7.18. The van der Waals surface area contributed by atoms with Crippen molar-refractivity contribution in [3.05, 3.63) is 17.5 Å². The van der Waals surface area contributed by atoms with Gasteiger partial charge in [-0.2, -0.15) is 0 Å². The van der Waals surface area contributed by atoms with E-state index in [0.29, 0.717) is 25.0 Å². The highest BCUT2D eigenvalue weighted by atomic mass is 32.2. The van der Waals surface area contributed by atoms with Gasteiger partial charge in [-0.15, -0.1) is 0 Å². The smallest absolute Gasteiger partial charge is 0.358 e. The fourth-order valence-corrected chi connectivity index (χ4v) is 3.53. The lowest BCUT2D eigenvalue weighted by Crippen LogP contribution is -2.24. The third-order valence-corrected chi connectivity index (χ3v) is 4.66. The SMILES string of the molecule is O=C(O)c1cc(CC2CCS(=O)(=O)CC2)on1. The van der Waals surface area contributed by atoms with Crippen molar-refractivity contribution in [1.82, 2.24) is 5.16 Å². The van der Waals surface area contributed by atoms with E-state index >= 15 is 0 Å². The van der Waals surface area contributed by atoms with E-state index in [1.165, 1.54) is 6.07 Å². The monoisotopic (exact) mass is 259 g/mol. The van der Waals surface area contributed by atoms with Gasteiger partial charge in [-0.25, -0.2) is 13.2 Å². The highest BCUT2D eigenvalue weighted by molar-refractivity contribution is 7.91. The Morgan fingerprint density at radius 3 is 2.65 bits per heavy atom. The Bertz CT molecular complexity index is 505. The van der Waals surface area contributed by atoms with Crippen molar-refractivity contribution in [3.8, 4) is 0 Å². The predicted molar refractivity (Wildman–Crippen MR) is 58.5 cm³/mol. The second-order valence-corrected chi connectivity index (χ2v) is 6.59. The Hall–Kier alpha value is -1.37. The molecule has 1 aromatic heterocycles. The quantitative estimate of drug-likeness (QED) is 0.859. The molecule has 7 heteroatoms. The van der Waals surface area contributed by atoms with E-state index in [1.807, 2.05) is 0 Å². The van der Waals surface area contributed by atoms with Gasteiger partial charge >= 0.3 is 5.97 Å². The summed E-state index contributed by atoms with van der Waals surface area (Å²) in [5.41, 5.74) is -0.108. The van der Waals surface area contributed by atoms with Gasteiger partial charge in [-0.1, -0.05) is 5.16 Å². The van der Waals surface area contributed by atoms with Crippen LogP contribution in [0, 0.1) is 5.92 Å². The number of carboxylic acid groups (broad SMARTS) is 1. The van der Waals surface area contributed by atoms with E-state index in [-0.39, 0.29) is 23.1 Å². The summed E-state index contributed by atoms with van der Waals surface area (Å²) < 4.78 is 27.4. The van der Waals surface area contributed by atoms with Crippen LogP contribution in [0.2, 0.25) is 0 Å². The molecule has 0 spiro atoms. The molecule has 2 heterocycles. The Morgan fingerprint density at radius 2 is 2.12 bits per heavy atom. The Balaban J connectivity index is 1.95. The second-order valence-electron chi connectivity index (χ2n) is 4.28. The van der Waals surface area contributed by atoms with Crippen LogP contribution < -0.4 is 0 Å². The maximum Gasteiger partial charge on any atom is 0.358 e. The molecule has 1 saturated heterocycles. The molecular formula is C10H13NO5S. The van der Waals surface area contributed by atoms with Gasteiger partial charge < -0.3 is 9.63 Å². The van der Waals surface area contributed by atoms with Gasteiger partial charge in [0.2, 0.25) is 0 Å². The average molecular weight is 259 g/mol. The molecule has 0 amide bonds. The molecule has 1 aromatic rings. The maximum atomic E-state index is 11.2. The lowest BCUT2D eigenvalue weighted by atomic mass is 9.97. The van der Waals surface area contributed by atoms with Gasteiger partial charge in [0.25, 0.3) is 0 Å². The number of carbonyl (C=O) groups is 1. The number of hydrogen-bond acceptors (Lipinski definition) is 5. The maximum absolute atomic E-state index is 11.2. The number of aromatic nitrogens is 1. The summed E-state index contributed by atoms with van der Waals surface area (Å²) in [5.74, 6) is 0.0286. The molecule has 0 atom stereocenters. The highest BCUT2D eigenvalue weighted by Crippen LogP contribution is 2.23. The predicted octanol–water partition coefficient (Wildman–Crippen LogP) is 0.740. The van der Waals surface area contributed by atoms with Crippen LogP contribution in [0.25, 0.3) is 0 Å².